The molecular formula is C23H19N3O2. The topological polar surface area (TPSA) is 77.5 Å². The number of aromatic nitrogens is 1. The third-order valence-corrected chi connectivity index (χ3v) is 4.70. The summed E-state index contributed by atoms with van der Waals surface area (Å²) in [6, 6.07) is 25.5. The highest BCUT2D eigenvalue weighted by Gasteiger charge is 2.39. The Balaban J connectivity index is 1.63. The third-order valence-electron chi connectivity index (χ3n) is 4.70. The van der Waals surface area contributed by atoms with Crippen molar-refractivity contribution in [2.75, 3.05) is 0 Å². The number of nitrogens with zero attached hydrogens (tertiary/aromatic N) is 1. The Hall–Kier alpha value is -3.70. The summed E-state index contributed by atoms with van der Waals surface area (Å²) in [5.41, 5.74) is 3.42. The molecule has 0 aliphatic carbocycles. The molecule has 0 bridgehead atoms. The summed E-state index contributed by atoms with van der Waals surface area (Å²) in [4.78, 5) is 16.1. The second-order valence-electron chi connectivity index (χ2n) is 6.43. The van der Waals surface area contributed by atoms with E-state index >= 15 is 0 Å². The van der Waals surface area contributed by atoms with Gasteiger partial charge in [0.2, 0.25) is 0 Å². The van der Waals surface area contributed by atoms with Crippen LogP contribution in [0.1, 0.15) is 16.7 Å². The fraction of sp³-hybridized carbons (Fsp3) is 0.0435. The van der Waals surface area contributed by atoms with Gasteiger partial charge in [0.1, 0.15) is 0 Å². The van der Waals surface area contributed by atoms with Crippen LogP contribution in [0.25, 0.3) is 10.9 Å². The molecule has 138 valence electrons. The zero-order valence-electron chi connectivity index (χ0n) is 15.0. The number of amides is 1. The van der Waals surface area contributed by atoms with Crippen LogP contribution in [-0.4, -0.2) is 22.2 Å². The van der Waals surface area contributed by atoms with E-state index in [1.165, 1.54) is 0 Å². The van der Waals surface area contributed by atoms with Gasteiger partial charge in [-0.25, -0.2) is 5.43 Å². The van der Waals surface area contributed by atoms with E-state index in [-0.39, 0.29) is 0 Å². The largest absolute Gasteiger partial charge is 0.372 e. The molecule has 0 radical (unpaired) electrons. The number of hydrazone groups is 1. The van der Waals surface area contributed by atoms with Crippen molar-refractivity contribution >= 4 is 23.0 Å². The monoisotopic (exact) mass is 369 g/mol. The van der Waals surface area contributed by atoms with Crippen LogP contribution in [0.15, 0.2) is 96.2 Å². The number of para-hydroxylation sites is 1. The van der Waals surface area contributed by atoms with Gasteiger partial charge in [0.25, 0.3) is 5.91 Å². The van der Waals surface area contributed by atoms with Crippen LogP contribution in [0.2, 0.25) is 0 Å². The Morgan fingerprint density at radius 3 is 2.11 bits per heavy atom. The Kier molecular flexibility index (Phi) is 4.74. The molecule has 0 saturated heterocycles. The van der Waals surface area contributed by atoms with Crippen molar-refractivity contribution in [3.63, 3.8) is 0 Å². The molecule has 3 N–H and O–H groups in total. The average molecular weight is 369 g/mol. The number of rotatable bonds is 5. The first-order valence-corrected chi connectivity index (χ1v) is 8.92. The van der Waals surface area contributed by atoms with Crippen molar-refractivity contribution in [1.82, 2.24) is 10.4 Å². The predicted molar refractivity (Wildman–Crippen MR) is 110 cm³/mol. The van der Waals surface area contributed by atoms with Gasteiger partial charge < -0.3 is 10.1 Å². The maximum absolute atomic E-state index is 13.0. The van der Waals surface area contributed by atoms with Crippen LogP contribution in [0.5, 0.6) is 0 Å². The van der Waals surface area contributed by atoms with E-state index in [9.17, 15) is 9.90 Å². The number of hydrogen-bond acceptors (Lipinski definition) is 3. The fourth-order valence-electron chi connectivity index (χ4n) is 3.23. The molecule has 28 heavy (non-hydrogen) atoms. The van der Waals surface area contributed by atoms with Crippen molar-refractivity contribution in [2.24, 2.45) is 5.10 Å². The minimum absolute atomic E-state index is 0.473. The van der Waals surface area contributed by atoms with E-state index < -0.39 is 11.5 Å². The van der Waals surface area contributed by atoms with E-state index in [1.807, 2.05) is 42.6 Å². The lowest BCUT2D eigenvalue weighted by atomic mass is 9.85. The molecule has 0 aliphatic rings. The van der Waals surface area contributed by atoms with Crippen LogP contribution < -0.4 is 5.43 Å². The lowest BCUT2D eigenvalue weighted by Gasteiger charge is -2.27. The molecule has 5 heteroatoms. The van der Waals surface area contributed by atoms with Gasteiger partial charge in [0.15, 0.2) is 5.60 Å². The number of hydrogen-bond donors (Lipinski definition) is 3. The molecule has 0 aliphatic heterocycles. The molecule has 0 saturated carbocycles. The van der Waals surface area contributed by atoms with E-state index in [0.29, 0.717) is 11.1 Å². The zero-order chi connectivity index (χ0) is 19.4. The smallest absolute Gasteiger partial charge is 0.281 e. The fourth-order valence-corrected chi connectivity index (χ4v) is 3.23. The molecule has 4 aromatic rings. The zero-order valence-corrected chi connectivity index (χ0v) is 15.0. The maximum atomic E-state index is 13.0. The first kappa shape index (κ1) is 17.7. The lowest BCUT2D eigenvalue weighted by Crippen LogP contribution is -2.43. The third kappa shape index (κ3) is 3.19. The van der Waals surface area contributed by atoms with Crippen molar-refractivity contribution < 1.29 is 9.90 Å². The molecule has 0 atom stereocenters. The summed E-state index contributed by atoms with van der Waals surface area (Å²) < 4.78 is 0. The summed E-state index contributed by atoms with van der Waals surface area (Å²) in [5.74, 6) is -0.624. The minimum Gasteiger partial charge on any atom is -0.372 e. The van der Waals surface area contributed by atoms with E-state index in [2.05, 4.69) is 15.5 Å². The number of benzene rings is 3. The molecule has 1 amide bonds. The van der Waals surface area contributed by atoms with Gasteiger partial charge in [-0.1, -0.05) is 78.9 Å². The van der Waals surface area contributed by atoms with Gasteiger partial charge in [-0.2, -0.15) is 5.10 Å². The number of nitrogens with one attached hydrogen (secondary N) is 2. The average Bonchev–Trinajstić information content (AvgIpc) is 3.17. The number of H-pyrrole nitrogens is 1. The molecule has 1 heterocycles. The van der Waals surface area contributed by atoms with Crippen molar-refractivity contribution in [2.45, 2.75) is 5.60 Å². The lowest BCUT2D eigenvalue weighted by molar-refractivity contribution is -0.136. The Bertz CT molecular complexity index is 1080. The first-order chi connectivity index (χ1) is 13.7. The molecular weight excluding hydrogens is 350 g/mol. The highest BCUT2D eigenvalue weighted by Crippen LogP contribution is 2.29. The number of fused-ring (bicyclic) bond motifs is 1. The van der Waals surface area contributed by atoms with Crippen LogP contribution in [0.3, 0.4) is 0 Å². The minimum atomic E-state index is -1.85. The molecule has 0 fully saturated rings. The number of aromatic amines is 1. The Morgan fingerprint density at radius 2 is 1.46 bits per heavy atom. The van der Waals surface area contributed by atoms with Crippen molar-refractivity contribution in [1.29, 1.82) is 0 Å². The quantitative estimate of drug-likeness (QED) is 0.372. The molecule has 5 nitrogen and oxygen atoms in total. The standard InChI is InChI=1S/C23H19N3O2/c27-22(26-25-16-17-15-24-21-14-8-7-13-20(17)21)23(28,18-9-3-1-4-10-18)19-11-5-2-6-12-19/h1-16,24,28H,(H,26,27)/b25-16+. The SMILES string of the molecule is O=C(N/N=C/c1c[nH]c2ccccc12)C(O)(c1ccccc1)c1ccccc1. The van der Waals surface area contributed by atoms with Crippen LogP contribution >= 0.6 is 0 Å². The van der Waals surface area contributed by atoms with Crippen LogP contribution in [0, 0.1) is 0 Å². The van der Waals surface area contributed by atoms with Crippen LogP contribution in [0.4, 0.5) is 0 Å². The summed E-state index contributed by atoms with van der Waals surface area (Å²) in [6.07, 6.45) is 3.38. The molecule has 4 rings (SSSR count). The highest BCUT2D eigenvalue weighted by molar-refractivity contribution is 5.99. The van der Waals surface area contributed by atoms with E-state index in [0.717, 1.165) is 16.5 Å². The number of aliphatic hydroxyl groups is 1. The van der Waals surface area contributed by atoms with E-state index in [1.54, 1.807) is 54.7 Å². The Morgan fingerprint density at radius 1 is 0.893 bits per heavy atom. The summed E-state index contributed by atoms with van der Waals surface area (Å²) in [7, 11) is 0. The summed E-state index contributed by atoms with van der Waals surface area (Å²) in [5, 5.41) is 16.4. The molecule has 1 aromatic heterocycles. The van der Waals surface area contributed by atoms with Crippen molar-refractivity contribution in [3.05, 3.63) is 108 Å². The second kappa shape index (κ2) is 7.50. The van der Waals surface area contributed by atoms with Crippen molar-refractivity contribution in [3.8, 4) is 0 Å². The van der Waals surface area contributed by atoms with Gasteiger partial charge in [-0.05, 0) is 17.2 Å². The van der Waals surface area contributed by atoms with Gasteiger partial charge in [0.05, 0.1) is 6.21 Å². The summed E-state index contributed by atoms with van der Waals surface area (Å²) >= 11 is 0. The second-order valence-corrected chi connectivity index (χ2v) is 6.43. The summed E-state index contributed by atoms with van der Waals surface area (Å²) in [6.45, 7) is 0. The van der Waals surface area contributed by atoms with Gasteiger partial charge in [0, 0.05) is 22.7 Å². The van der Waals surface area contributed by atoms with Gasteiger partial charge >= 0.3 is 0 Å². The van der Waals surface area contributed by atoms with Gasteiger partial charge in [-0.3, -0.25) is 4.79 Å². The number of carbonyl (C=O) groups is 1. The van der Waals surface area contributed by atoms with E-state index in [4.69, 9.17) is 0 Å². The maximum Gasteiger partial charge on any atom is 0.281 e. The number of carbonyl (C=O) groups excluding carboxylic acids is 1. The van der Waals surface area contributed by atoms with Crippen LogP contribution in [-0.2, 0) is 10.4 Å². The van der Waals surface area contributed by atoms with Gasteiger partial charge in [-0.15, -0.1) is 0 Å². The Labute approximate surface area is 162 Å². The predicted octanol–water partition coefficient (Wildman–Crippen LogP) is 3.55. The first-order valence-electron chi connectivity index (χ1n) is 8.92. The molecule has 0 spiro atoms. The molecule has 3 aromatic carbocycles. The highest BCUT2D eigenvalue weighted by atomic mass is 16.3. The molecule has 0 unspecified atom stereocenters. The normalized spacial score (nSPS) is 11.8.